The van der Waals surface area contributed by atoms with E-state index in [1.807, 2.05) is 0 Å². The summed E-state index contributed by atoms with van der Waals surface area (Å²) in [5.41, 5.74) is 0. The SMILES string of the molecule is CCCCCCCCC/C=C\CCCCCCCC(=O)OCC(O)COP(=O)(O)OCC(NC(=O)CCCCCCCCCC)C(=O)O. The second-order valence-corrected chi connectivity index (χ2v) is 14.2. The summed E-state index contributed by atoms with van der Waals surface area (Å²) in [5.74, 6) is -2.38. The number of carbonyl (C=O) groups is 3. The molecule has 12 heteroatoms. The van der Waals surface area contributed by atoms with Crippen molar-refractivity contribution < 1.29 is 47.8 Å². The van der Waals surface area contributed by atoms with Gasteiger partial charge in [0.1, 0.15) is 12.7 Å². The average Bonchev–Trinajstić information content (AvgIpc) is 3.05. The molecule has 11 nitrogen and oxygen atoms in total. The standard InChI is InChI=1S/C36H68NO10P/c1-3-5-7-9-11-13-14-15-16-17-18-19-20-22-24-26-28-35(40)45-29-32(38)30-46-48(43,44)47-31-33(36(41)42)37-34(39)27-25-23-21-12-10-8-6-4-2/h16-17,32-33,38H,3-15,18-31H2,1-2H3,(H,37,39)(H,41,42)(H,43,44)/b17-16-. The molecular weight excluding hydrogens is 637 g/mol. The molecule has 0 aromatic rings. The molecule has 0 saturated carbocycles. The van der Waals surface area contributed by atoms with E-state index in [0.29, 0.717) is 12.8 Å². The maximum atomic E-state index is 12.2. The number of phosphoric ester groups is 1. The minimum absolute atomic E-state index is 0.147. The summed E-state index contributed by atoms with van der Waals surface area (Å²) in [6, 6.07) is -1.54. The second-order valence-electron chi connectivity index (χ2n) is 12.8. The lowest BCUT2D eigenvalue weighted by atomic mass is 10.1. The molecule has 0 bridgehead atoms. The van der Waals surface area contributed by atoms with Gasteiger partial charge in [-0.2, -0.15) is 0 Å². The number of rotatable bonds is 35. The summed E-state index contributed by atoms with van der Waals surface area (Å²) in [6.07, 6.45) is 28.4. The molecule has 48 heavy (non-hydrogen) atoms. The topological polar surface area (TPSA) is 169 Å². The Kier molecular flexibility index (Phi) is 31.2. The van der Waals surface area contributed by atoms with E-state index in [2.05, 4.69) is 31.3 Å². The Morgan fingerprint density at radius 3 is 1.58 bits per heavy atom. The van der Waals surface area contributed by atoms with E-state index >= 15 is 0 Å². The van der Waals surface area contributed by atoms with Crippen LogP contribution in [0.2, 0.25) is 0 Å². The highest BCUT2D eigenvalue weighted by Gasteiger charge is 2.28. The number of aliphatic carboxylic acids is 1. The van der Waals surface area contributed by atoms with E-state index in [4.69, 9.17) is 13.8 Å². The van der Waals surface area contributed by atoms with Crippen LogP contribution in [0.3, 0.4) is 0 Å². The van der Waals surface area contributed by atoms with Gasteiger partial charge >= 0.3 is 19.8 Å². The van der Waals surface area contributed by atoms with Crippen LogP contribution in [-0.4, -0.2) is 64.9 Å². The van der Waals surface area contributed by atoms with Gasteiger partial charge in [-0.05, 0) is 38.5 Å². The number of phosphoric acid groups is 1. The van der Waals surface area contributed by atoms with Gasteiger partial charge in [0.2, 0.25) is 5.91 Å². The summed E-state index contributed by atoms with van der Waals surface area (Å²) >= 11 is 0. The number of unbranched alkanes of at least 4 members (excludes halogenated alkanes) is 19. The second kappa shape index (κ2) is 32.4. The predicted octanol–water partition coefficient (Wildman–Crippen LogP) is 8.55. The number of carbonyl (C=O) groups excluding carboxylic acids is 2. The van der Waals surface area contributed by atoms with Crippen molar-refractivity contribution in [1.29, 1.82) is 0 Å². The summed E-state index contributed by atoms with van der Waals surface area (Å²) in [4.78, 5) is 45.5. The smallest absolute Gasteiger partial charge is 0.472 e. The Bertz CT molecular complexity index is 885. The summed E-state index contributed by atoms with van der Waals surface area (Å²) in [6.45, 7) is 2.51. The van der Waals surface area contributed by atoms with Crippen molar-refractivity contribution in [2.24, 2.45) is 0 Å². The molecule has 3 unspecified atom stereocenters. The monoisotopic (exact) mass is 705 g/mol. The lowest BCUT2D eigenvalue weighted by Crippen LogP contribution is -2.43. The highest BCUT2D eigenvalue weighted by Crippen LogP contribution is 2.43. The minimum Gasteiger partial charge on any atom is -0.480 e. The number of nitrogens with one attached hydrogen (secondary N) is 1. The highest BCUT2D eigenvalue weighted by molar-refractivity contribution is 7.47. The number of ether oxygens (including phenoxy) is 1. The Hall–Kier alpha value is -1.78. The van der Waals surface area contributed by atoms with Crippen molar-refractivity contribution in [3.8, 4) is 0 Å². The molecule has 0 spiro atoms. The largest absolute Gasteiger partial charge is 0.480 e. The average molecular weight is 706 g/mol. The first-order valence-electron chi connectivity index (χ1n) is 18.7. The van der Waals surface area contributed by atoms with Crippen LogP contribution in [-0.2, 0) is 32.7 Å². The Morgan fingerprint density at radius 2 is 1.08 bits per heavy atom. The van der Waals surface area contributed by atoms with Gasteiger partial charge in [0, 0.05) is 12.8 Å². The third kappa shape index (κ3) is 31.5. The van der Waals surface area contributed by atoms with Crippen LogP contribution < -0.4 is 5.32 Å². The number of carboxylic acid groups (broad SMARTS) is 1. The van der Waals surface area contributed by atoms with Crippen molar-refractivity contribution in [1.82, 2.24) is 5.32 Å². The first kappa shape index (κ1) is 46.2. The molecule has 0 aliphatic carbocycles. The molecule has 0 aromatic heterocycles. The first-order valence-corrected chi connectivity index (χ1v) is 20.2. The zero-order valence-corrected chi connectivity index (χ0v) is 30.9. The van der Waals surface area contributed by atoms with Gasteiger partial charge in [0.15, 0.2) is 6.04 Å². The van der Waals surface area contributed by atoms with Gasteiger partial charge in [-0.25, -0.2) is 9.36 Å². The molecule has 0 fully saturated rings. The molecule has 282 valence electrons. The third-order valence-corrected chi connectivity index (χ3v) is 9.01. The van der Waals surface area contributed by atoms with Crippen LogP contribution in [0, 0.1) is 0 Å². The summed E-state index contributed by atoms with van der Waals surface area (Å²) in [5, 5.41) is 21.6. The van der Waals surface area contributed by atoms with E-state index in [0.717, 1.165) is 57.8 Å². The molecular formula is C36H68NO10P. The van der Waals surface area contributed by atoms with Gasteiger partial charge in [-0.3, -0.25) is 18.6 Å². The van der Waals surface area contributed by atoms with E-state index in [1.165, 1.54) is 70.6 Å². The van der Waals surface area contributed by atoms with Crippen molar-refractivity contribution in [2.75, 3.05) is 19.8 Å². The predicted molar refractivity (Wildman–Crippen MR) is 190 cm³/mol. The molecule has 0 heterocycles. The van der Waals surface area contributed by atoms with Gasteiger partial charge in [0.25, 0.3) is 0 Å². The lowest BCUT2D eigenvalue weighted by molar-refractivity contribution is -0.147. The van der Waals surface area contributed by atoms with Crippen molar-refractivity contribution in [3.63, 3.8) is 0 Å². The number of amides is 1. The number of aliphatic hydroxyl groups is 1. The molecule has 0 aromatic carbocycles. The number of hydrogen-bond acceptors (Lipinski definition) is 8. The summed E-state index contributed by atoms with van der Waals surface area (Å²) in [7, 11) is -4.74. The van der Waals surface area contributed by atoms with Gasteiger partial charge in [0.05, 0.1) is 13.2 Å². The molecule has 0 radical (unpaired) electrons. The highest BCUT2D eigenvalue weighted by atomic mass is 31.2. The van der Waals surface area contributed by atoms with E-state index in [9.17, 15) is 34.1 Å². The van der Waals surface area contributed by atoms with Crippen molar-refractivity contribution in [3.05, 3.63) is 12.2 Å². The van der Waals surface area contributed by atoms with E-state index in [-0.39, 0.29) is 12.8 Å². The molecule has 1 amide bonds. The fraction of sp³-hybridized carbons (Fsp3) is 0.861. The van der Waals surface area contributed by atoms with Crippen LogP contribution in [0.5, 0.6) is 0 Å². The zero-order valence-electron chi connectivity index (χ0n) is 30.0. The normalized spacial score (nSPS) is 14.1. The van der Waals surface area contributed by atoms with Gasteiger partial charge < -0.3 is 25.2 Å². The maximum Gasteiger partial charge on any atom is 0.472 e. The molecule has 0 rings (SSSR count). The van der Waals surface area contributed by atoms with E-state index in [1.54, 1.807) is 0 Å². The quantitative estimate of drug-likeness (QED) is 0.0217. The number of esters is 1. The molecule has 0 saturated heterocycles. The van der Waals surface area contributed by atoms with Crippen LogP contribution in [0.25, 0.3) is 0 Å². The number of aliphatic hydroxyl groups excluding tert-OH is 1. The van der Waals surface area contributed by atoms with E-state index < -0.39 is 57.6 Å². The minimum atomic E-state index is -4.74. The van der Waals surface area contributed by atoms with Gasteiger partial charge in [-0.1, -0.05) is 129 Å². The maximum absolute atomic E-state index is 12.2. The number of carboxylic acids is 1. The lowest BCUT2D eigenvalue weighted by Gasteiger charge is -2.18. The Balaban J connectivity index is 3.93. The Morgan fingerprint density at radius 1 is 0.646 bits per heavy atom. The van der Waals surface area contributed by atoms with Crippen LogP contribution in [0.4, 0.5) is 0 Å². The molecule has 3 atom stereocenters. The van der Waals surface area contributed by atoms with Crippen LogP contribution in [0.15, 0.2) is 12.2 Å². The van der Waals surface area contributed by atoms with Gasteiger partial charge in [-0.15, -0.1) is 0 Å². The first-order chi connectivity index (χ1) is 23.1. The molecule has 0 aliphatic rings. The fourth-order valence-electron chi connectivity index (χ4n) is 5.07. The summed E-state index contributed by atoms with van der Waals surface area (Å²) < 4.78 is 26.6. The van der Waals surface area contributed by atoms with Crippen LogP contribution >= 0.6 is 7.82 Å². The molecule has 0 aliphatic heterocycles. The molecule has 4 N–H and O–H groups in total. The van der Waals surface area contributed by atoms with Crippen LogP contribution in [0.1, 0.15) is 168 Å². The fourth-order valence-corrected chi connectivity index (χ4v) is 5.85. The van der Waals surface area contributed by atoms with Crippen molar-refractivity contribution >= 4 is 25.7 Å². The number of hydrogen-bond donors (Lipinski definition) is 4. The zero-order chi connectivity index (χ0) is 35.7. The number of allylic oxidation sites excluding steroid dienone is 2. The third-order valence-electron chi connectivity index (χ3n) is 8.05. The van der Waals surface area contributed by atoms with Crippen molar-refractivity contribution in [2.45, 2.75) is 180 Å². The Labute approximate surface area is 290 Å².